The van der Waals surface area contributed by atoms with Crippen LogP contribution in [0.2, 0.25) is 0 Å². The molecule has 0 saturated heterocycles. The Morgan fingerprint density at radius 2 is 2.00 bits per heavy atom. The normalized spacial score (nSPS) is 12.7. The second-order valence-corrected chi connectivity index (χ2v) is 5.76. The Kier molecular flexibility index (Phi) is 3.98. The first-order chi connectivity index (χ1) is 7.76. The summed E-state index contributed by atoms with van der Waals surface area (Å²) in [4.78, 5) is 14.2. The molecular weight excluding hydrogens is 216 g/mol. The number of hydrogen-bond acceptors (Lipinski definition) is 2. The monoisotopic (exact) mass is 238 g/mol. The average Bonchev–Trinajstić information content (AvgIpc) is 2.69. The van der Waals surface area contributed by atoms with Crippen LogP contribution in [0, 0.1) is 5.41 Å². The van der Waals surface area contributed by atoms with E-state index in [1.807, 2.05) is 18.3 Å². The van der Waals surface area contributed by atoms with Gasteiger partial charge in [-0.15, -0.1) is 0 Å². The Bertz CT molecular complexity index is 367. The Morgan fingerprint density at radius 1 is 1.35 bits per heavy atom. The highest BCUT2D eigenvalue weighted by Gasteiger charge is 2.28. The minimum Gasteiger partial charge on any atom is -0.481 e. The van der Waals surface area contributed by atoms with Crippen molar-refractivity contribution in [3.05, 3.63) is 24.0 Å². The minimum absolute atomic E-state index is 0.0297. The third kappa shape index (κ3) is 3.60. The van der Waals surface area contributed by atoms with Crippen LogP contribution in [-0.4, -0.2) is 29.1 Å². The number of carboxylic acids is 1. The van der Waals surface area contributed by atoms with Gasteiger partial charge in [0.05, 0.1) is 5.41 Å². The molecule has 0 aliphatic carbocycles. The number of carboxylic acid groups (broad SMARTS) is 1. The fourth-order valence-corrected chi connectivity index (χ4v) is 1.61. The molecule has 0 aromatic carbocycles. The summed E-state index contributed by atoms with van der Waals surface area (Å²) in [5.41, 5.74) is 0.391. The van der Waals surface area contributed by atoms with Crippen molar-refractivity contribution in [2.45, 2.75) is 33.1 Å². The van der Waals surface area contributed by atoms with Crippen molar-refractivity contribution in [3.63, 3.8) is 0 Å². The van der Waals surface area contributed by atoms with E-state index >= 15 is 0 Å². The summed E-state index contributed by atoms with van der Waals surface area (Å²) in [6.45, 7) is 8.91. The van der Waals surface area contributed by atoms with Gasteiger partial charge in [0.2, 0.25) is 0 Å². The number of carbonyl (C=O) groups is 1. The molecule has 17 heavy (non-hydrogen) atoms. The van der Waals surface area contributed by atoms with Crippen molar-refractivity contribution >= 4 is 5.97 Å². The molecule has 0 aliphatic heterocycles. The van der Waals surface area contributed by atoms with Crippen molar-refractivity contribution in [2.24, 2.45) is 5.41 Å². The van der Waals surface area contributed by atoms with Crippen molar-refractivity contribution in [3.8, 4) is 0 Å². The zero-order valence-electron chi connectivity index (χ0n) is 11.0. The molecule has 96 valence electrons. The van der Waals surface area contributed by atoms with Crippen molar-refractivity contribution in [2.75, 3.05) is 13.1 Å². The van der Waals surface area contributed by atoms with Gasteiger partial charge in [0.25, 0.3) is 0 Å². The van der Waals surface area contributed by atoms with Gasteiger partial charge < -0.3 is 15.4 Å². The fourth-order valence-electron chi connectivity index (χ4n) is 1.61. The van der Waals surface area contributed by atoms with Gasteiger partial charge >= 0.3 is 5.97 Å². The van der Waals surface area contributed by atoms with Gasteiger partial charge in [0.1, 0.15) is 0 Å². The Balaban J connectivity index is 2.49. The van der Waals surface area contributed by atoms with Crippen LogP contribution in [0.5, 0.6) is 0 Å². The van der Waals surface area contributed by atoms with Crippen LogP contribution in [0.4, 0.5) is 0 Å². The molecule has 0 unspecified atom stereocenters. The van der Waals surface area contributed by atoms with Crippen molar-refractivity contribution in [1.29, 1.82) is 0 Å². The van der Waals surface area contributed by atoms with Gasteiger partial charge in [0, 0.05) is 30.4 Å². The smallest absolute Gasteiger partial charge is 0.310 e. The third-order valence-corrected chi connectivity index (χ3v) is 3.04. The first-order valence-electron chi connectivity index (χ1n) is 5.84. The van der Waals surface area contributed by atoms with E-state index in [0.717, 1.165) is 12.2 Å². The highest BCUT2D eigenvalue weighted by atomic mass is 16.4. The van der Waals surface area contributed by atoms with Crippen LogP contribution in [-0.2, 0) is 10.2 Å². The molecule has 1 aromatic heterocycles. The highest BCUT2D eigenvalue weighted by Crippen LogP contribution is 2.21. The molecule has 1 aromatic rings. The maximum atomic E-state index is 11.0. The van der Waals surface area contributed by atoms with Crippen LogP contribution >= 0.6 is 0 Å². The summed E-state index contributed by atoms with van der Waals surface area (Å²) in [6.07, 6.45) is 1.90. The van der Waals surface area contributed by atoms with Crippen LogP contribution in [0.25, 0.3) is 0 Å². The summed E-state index contributed by atoms with van der Waals surface area (Å²) in [6, 6.07) is 4.02. The van der Waals surface area contributed by atoms with Crippen molar-refractivity contribution in [1.82, 2.24) is 10.3 Å². The number of aromatic amines is 1. The van der Waals surface area contributed by atoms with Gasteiger partial charge in [-0.1, -0.05) is 13.8 Å². The molecule has 0 aliphatic rings. The standard InChI is InChI=1S/C13H22N2O2/c1-12(2,10-6-5-7-15-10)8-14-9-13(3,4)11(16)17/h5-7,14-15H,8-9H2,1-4H3,(H,16,17). The van der Waals surface area contributed by atoms with E-state index in [2.05, 4.69) is 24.1 Å². The number of H-pyrrole nitrogens is 1. The SMILES string of the molecule is CC(C)(CNCC(C)(C)c1ccc[nH]1)C(=O)O. The van der Waals surface area contributed by atoms with Crippen LogP contribution in [0.3, 0.4) is 0 Å². The van der Waals surface area contributed by atoms with E-state index < -0.39 is 11.4 Å². The molecule has 0 saturated carbocycles. The molecule has 4 nitrogen and oxygen atoms in total. The number of aliphatic carboxylic acids is 1. The summed E-state index contributed by atoms with van der Waals surface area (Å²) < 4.78 is 0. The predicted molar refractivity (Wildman–Crippen MR) is 68.1 cm³/mol. The van der Waals surface area contributed by atoms with E-state index in [1.54, 1.807) is 13.8 Å². The summed E-state index contributed by atoms with van der Waals surface area (Å²) in [7, 11) is 0. The summed E-state index contributed by atoms with van der Waals surface area (Å²) >= 11 is 0. The molecule has 0 spiro atoms. The third-order valence-electron chi connectivity index (χ3n) is 3.04. The molecule has 3 N–H and O–H groups in total. The number of nitrogens with one attached hydrogen (secondary N) is 2. The zero-order chi connectivity index (χ0) is 13.1. The quantitative estimate of drug-likeness (QED) is 0.710. The second-order valence-electron chi connectivity index (χ2n) is 5.76. The summed E-state index contributed by atoms with van der Waals surface area (Å²) in [5.74, 6) is -0.775. The maximum absolute atomic E-state index is 11.0. The van der Waals surface area contributed by atoms with E-state index in [9.17, 15) is 4.79 Å². The number of rotatable bonds is 6. The van der Waals surface area contributed by atoms with Crippen LogP contribution in [0.1, 0.15) is 33.4 Å². The molecular formula is C13H22N2O2. The van der Waals surface area contributed by atoms with E-state index in [1.165, 1.54) is 0 Å². The molecule has 0 fully saturated rings. The zero-order valence-corrected chi connectivity index (χ0v) is 11.0. The number of aromatic nitrogens is 1. The average molecular weight is 238 g/mol. The molecule has 0 bridgehead atoms. The second kappa shape index (κ2) is 4.92. The lowest BCUT2D eigenvalue weighted by atomic mass is 9.88. The van der Waals surface area contributed by atoms with Gasteiger partial charge in [-0.2, -0.15) is 0 Å². The maximum Gasteiger partial charge on any atom is 0.310 e. The van der Waals surface area contributed by atoms with Crippen LogP contribution in [0.15, 0.2) is 18.3 Å². The largest absolute Gasteiger partial charge is 0.481 e. The van der Waals surface area contributed by atoms with Gasteiger partial charge in [-0.3, -0.25) is 4.79 Å². The molecule has 1 rings (SSSR count). The Morgan fingerprint density at radius 3 is 2.47 bits per heavy atom. The number of hydrogen-bond donors (Lipinski definition) is 3. The molecule has 0 amide bonds. The first kappa shape index (κ1) is 13.8. The molecule has 0 radical (unpaired) electrons. The predicted octanol–water partition coefficient (Wildman–Crippen LogP) is 1.99. The molecule has 1 heterocycles. The Labute approximate surface area is 102 Å². The van der Waals surface area contributed by atoms with Crippen LogP contribution < -0.4 is 5.32 Å². The highest BCUT2D eigenvalue weighted by molar-refractivity contribution is 5.73. The Hall–Kier alpha value is -1.29. The minimum atomic E-state index is -0.775. The topological polar surface area (TPSA) is 65.1 Å². The van der Waals surface area contributed by atoms with Gasteiger partial charge in [-0.05, 0) is 26.0 Å². The molecule has 4 heteroatoms. The lowest BCUT2D eigenvalue weighted by Crippen LogP contribution is -2.41. The summed E-state index contributed by atoms with van der Waals surface area (Å²) in [5, 5.41) is 12.2. The van der Waals surface area contributed by atoms with Gasteiger partial charge in [0.15, 0.2) is 0 Å². The fraction of sp³-hybridized carbons (Fsp3) is 0.615. The van der Waals surface area contributed by atoms with Gasteiger partial charge in [-0.25, -0.2) is 0 Å². The lowest BCUT2D eigenvalue weighted by Gasteiger charge is -2.27. The lowest BCUT2D eigenvalue weighted by molar-refractivity contribution is -0.146. The first-order valence-corrected chi connectivity index (χ1v) is 5.84. The van der Waals surface area contributed by atoms with E-state index in [-0.39, 0.29) is 5.41 Å². The molecule has 0 atom stereocenters. The van der Waals surface area contributed by atoms with E-state index in [0.29, 0.717) is 6.54 Å². The van der Waals surface area contributed by atoms with Crippen molar-refractivity contribution < 1.29 is 9.90 Å². The van der Waals surface area contributed by atoms with E-state index in [4.69, 9.17) is 5.11 Å².